The largest absolute Gasteiger partial charge is 0.493 e. The van der Waals surface area contributed by atoms with Crippen molar-refractivity contribution in [1.29, 1.82) is 0 Å². The zero-order valence-electron chi connectivity index (χ0n) is 15.5. The van der Waals surface area contributed by atoms with Crippen molar-refractivity contribution in [3.63, 3.8) is 0 Å². The number of nitrogens with two attached hydrogens (primary N) is 1. The summed E-state index contributed by atoms with van der Waals surface area (Å²) in [6, 6.07) is 25.1. The molecule has 3 aromatic rings. The fourth-order valence-corrected chi connectivity index (χ4v) is 2.58. The van der Waals surface area contributed by atoms with Gasteiger partial charge in [-0.05, 0) is 48.0 Å². The highest BCUT2D eigenvalue weighted by atomic mass is 16.5. The van der Waals surface area contributed by atoms with Gasteiger partial charge < -0.3 is 15.2 Å². The van der Waals surface area contributed by atoms with Crippen LogP contribution in [0.3, 0.4) is 0 Å². The lowest BCUT2D eigenvalue weighted by atomic mass is 10.2. The van der Waals surface area contributed by atoms with Crippen LogP contribution in [0.5, 0.6) is 11.5 Å². The molecule has 0 fully saturated rings. The van der Waals surface area contributed by atoms with Gasteiger partial charge in [0.1, 0.15) is 0 Å². The van der Waals surface area contributed by atoms with Crippen molar-refractivity contribution in [2.45, 2.75) is 0 Å². The van der Waals surface area contributed by atoms with E-state index in [1.54, 1.807) is 18.3 Å². The van der Waals surface area contributed by atoms with Crippen LogP contribution < -0.4 is 20.2 Å². The maximum absolute atomic E-state index is 10.9. The summed E-state index contributed by atoms with van der Waals surface area (Å²) in [5.74, 6) is 0.395. The Balaban J connectivity index is 1.87. The highest BCUT2D eigenvalue weighted by molar-refractivity contribution is 5.83. The molecule has 0 aromatic heterocycles. The summed E-state index contributed by atoms with van der Waals surface area (Å²) in [6.45, 7) is -0.209. The Labute approximate surface area is 163 Å². The lowest BCUT2D eigenvalue weighted by Crippen LogP contribution is -2.20. The number of anilines is 2. The molecular formula is C22H21N3O3. The average Bonchev–Trinajstić information content (AvgIpc) is 2.74. The molecule has 3 aromatic carbocycles. The summed E-state index contributed by atoms with van der Waals surface area (Å²) in [5, 5.41) is 6.50. The zero-order chi connectivity index (χ0) is 19.8. The molecule has 28 heavy (non-hydrogen) atoms. The molecule has 6 nitrogen and oxygen atoms in total. The van der Waals surface area contributed by atoms with Gasteiger partial charge in [0.2, 0.25) is 0 Å². The first-order valence-electron chi connectivity index (χ1n) is 8.71. The van der Waals surface area contributed by atoms with Crippen molar-refractivity contribution in [2.75, 3.05) is 18.7 Å². The second-order valence-corrected chi connectivity index (χ2v) is 5.89. The molecule has 0 bridgehead atoms. The minimum atomic E-state index is -0.547. The van der Waals surface area contributed by atoms with Gasteiger partial charge in [-0.15, -0.1) is 0 Å². The van der Waals surface area contributed by atoms with Crippen molar-refractivity contribution < 1.29 is 14.3 Å². The van der Waals surface area contributed by atoms with Crippen LogP contribution in [0.25, 0.3) is 0 Å². The zero-order valence-corrected chi connectivity index (χ0v) is 15.5. The number of nitrogens with zero attached hydrogens (tertiary/aromatic N) is 2. The van der Waals surface area contributed by atoms with Gasteiger partial charge in [-0.3, -0.25) is 4.79 Å². The van der Waals surface area contributed by atoms with E-state index in [9.17, 15) is 4.79 Å². The summed E-state index contributed by atoms with van der Waals surface area (Å²) in [4.78, 5) is 10.9. The Morgan fingerprint density at radius 3 is 2.11 bits per heavy atom. The van der Waals surface area contributed by atoms with E-state index in [2.05, 4.69) is 5.10 Å². The number of methoxy groups -OCH3 is 1. The maximum Gasteiger partial charge on any atom is 0.255 e. The van der Waals surface area contributed by atoms with Crippen molar-refractivity contribution in [1.82, 2.24) is 0 Å². The van der Waals surface area contributed by atoms with E-state index in [0.29, 0.717) is 11.5 Å². The van der Waals surface area contributed by atoms with Crippen LogP contribution in [-0.4, -0.2) is 25.8 Å². The van der Waals surface area contributed by atoms with Crippen LogP contribution in [0.2, 0.25) is 0 Å². The van der Waals surface area contributed by atoms with E-state index in [-0.39, 0.29) is 6.61 Å². The van der Waals surface area contributed by atoms with Crippen LogP contribution >= 0.6 is 0 Å². The second-order valence-electron chi connectivity index (χ2n) is 5.89. The predicted octanol–water partition coefficient (Wildman–Crippen LogP) is 3.73. The predicted molar refractivity (Wildman–Crippen MR) is 110 cm³/mol. The number of rotatable bonds is 8. The summed E-state index contributed by atoms with van der Waals surface area (Å²) < 4.78 is 10.7. The highest BCUT2D eigenvalue weighted by Gasteiger charge is 2.09. The molecule has 0 spiro atoms. The van der Waals surface area contributed by atoms with Gasteiger partial charge in [0.15, 0.2) is 18.1 Å². The fraction of sp³-hybridized carbons (Fsp3) is 0.0909. The van der Waals surface area contributed by atoms with Gasteiger partial charge in [0.05, 0.1) is 24.7 Å². The summed E-state index contributed by atoms with van der Waals surface area (Å²) in [6.07, 6.45) is 1.74. The van der Waals surface area contributed by atoms with Gasteiger partial charge in [0.25, 0.3) is 5.91 Å². The van der Waals surface area contributed by atoms with Crippen LogP contribution in [-0.2, 0) is 4.79 Å². The number of carbonyl (C=O) groups excluding carboxylic acids is 1. The van der Waals surface area contributed by atoms with E-state index in [4.69, 9.17) is 15.2 Å². The third-order valence-corrected chi connectivity index (χ3v) is 3.88. The Morgan fingerprint density at radius 2 is 1.57 bits per heavy atom. The Bertz CT molecular complexity index is 904. The first kappa shape index (κ1) is 19.0. The molecule has 1 amide bonds. The Hall–Kier alpha value is -3.80. The van der Waals surface area contributed by atoms with Gasteiger partial charge >= 0.3 is 0 Å². The minimum absolute atomic E-state index is 0.209. The highest BCUT2D eigenvalue weighted by Crippen LogP contribution is 2.28. The molecule has 0 aliphatic carbocycles. The van der Waals surface area contributed by atoms with Crippen molar-refractivity contribution in [2.24, 2.45) is 10.8 Å². The quantitative estimate of drug-likeness (QED) is 0.481. The lowest BCUT2D eigenvalue weighted by Gasteiger charge is -2.19. The molecule has 0 aliphatic heterocycles. The standard InChI is InChI=1S/C22H21N3O3/c1-27-21-14-17(12-13-20(21)28-16-22(23)26)15-24-25(18-8-4-2-5-9-18)19-10-6-3-7-11-19/h2-15H,16H2,1H3,(H2,23,26)/b24-15+. The molecule has 0 saturated heterocycles. The SMILES string of the molecule is COc1cc(/C=N/N(c2ccccc2)c2ccccc2)ccc1OCC(N)=O. The van der Waals surface area contributed by atoms with E-state index in [1.165, 1.54) is 7.11 Å². The van der Waals surface area contributed by atoms with Crippen LogP contribution in [0.15, 0.2) is 84.0 Å². The summed E-state index contributed by atoms with van der Waals surface area (Å²) in [5.41, 5.74) is 7.83. The number of benzene rings is 3. The topological polar surface area (TPSA) is 77.2 Å². The first-order valence-corrected chi connectivity index (χ1v) is 8.71. The smallest absolute Gasteiger partial charge is 0.255 e. The van der Waals surface area contributed by atoms with Gasteiger partial charge in [0, 0.05) is 0 Å². The number of carbonyl (C=O) groups is 1. The number of ether oxygens (including phenoxy) is 2. The maximum atomic E-state index is 10.9. The third-order valence-electron chi connectivity index (χ3n) is 3.88. The molecule has 0 saturated carbocycles. The number of para-hydroxylation sites is 2. The van der Waals surface area contributed by atoms with E-state index < -0.39 is 5.91 Å². The van der Waals surface area contributed by atoms with E-state index >= 15 is 0 Å². The second kappa shape index (κ2) is 9.23. The molecule has 0 heterocycles. The van der Waals surface area contributed by atoms with Gasteiger partial charge in [-0.2, -0.15) is 5.10 Å². The molecule has 0 radical (unpaired) electrons. The fourth-order valence-electron chi connectivity index (χ4n) is 2.58. The lowest BCUT2D eigenvalue weighted by molar-refractivity contribution is -0.119. The number of hydrazone groups is 1. The normalized spacial score (nSPS) is 10.6. The van der Waals surface area contributed by atoms with E-state index in [1.807, 2.05) is 71.7 Å². The van der Waals surface area contributed by atoms with Gasteiger partial charge in [-0.1, -0.05) is 36.4 Å². The van der Waals surface area contributed by atoms with Gasteiger partial charge in [-0.25, -0.2) is 5.01 Å². The number of hydrogen-bond acceptors (Lipinski definition) is 5. The summed E-state index contributed by atoms with van der Waals surface area (Å²) >= 11 is 0. The molecular weight excluding hydrogens is 354 g/mol. The monoisotopic (exact) mass is 375 g/mol. The Kier molecular flexibility index (Phi) is 6.25. The van der Waals surface area contributed by atoms with Crippen molar-refractivity contribution in [3.05, 3.63) is 84.4 Å². The number of primary amides is 1. The van der Waals surface area contributed by atoms with Crippen LogP contribution in [0.1, 0.15) is 5.56 Å². The first-order chi connectivity index (χ1) is 13.7. The van der Waals surface area contributed by atoms with Crippen LogP contribution in [0, 0.1) is 0 Å². The molecule has 3 rings (SSSR count). The van der Waals surface area contributed by atoms with Crippen molar-refractivity contribution in [3.8, 4) is 11.5 Å². The molecule has 6 heteroatoms. The molecule has 0 atom stereocenters. The summed E-state index contributed by atoms with van der Waals surface area (Å²) in [7, 11) is 1.54. The van der Waals surface area contributed by atoms with Crippen LogP contribution in [0.4, 0.5) is 11.4 Å². The Morgan fingerprint density at radius 1 is 0.964 bits per heavy atom. The minimum Gasteiger partial charge on any atom is -0.493 e. The molecule has 0 unspecified atom stereocenters. The molecule has 0 aliphatic rings. The number of hydrogen-bond donors (Lipinski definition) is 1. The van der Waals surface area contributed by atoms with Crippen molar-refractivity contribution >= 4 is 23.5 Å². The molecule has 2 N–H and O–H groups in total. The number of amides is 1. The van der Waals surface area contributed by atoms with E-state index in [0.717, 1.165) is 16.9 Å². The average molecular weight is 375 g/mol. The third kappa shape index (κ3) is 4.88. The molecule has 142 valence electrons.